The first-order chi connectivity index (χ1) is 5.27. The topological polar surface area (TPSA) is 0 Å². The predicted octanol–water partition coefficient (Wildman–Crippen LogP) is 3.13. The fourth-order valence-corrected chi connectivity index (χ4v) is 1.60. The molecule has 0 heterocycles. The predicted molar refractivity (Wildman–Crippen MR) is 48.6 cm³/mol. The highest BCUT2D eigenvalue weighted by molar-refractivity contribution is 5.62. The van der Waals surface area contributed by atoms with Crippen LogP contribution in [0.2, 0.25) is 0 Å². The standard InChI is InChI=1S/C11H12/c1-8-3-6-11-9(2)4-5-10(11)7-8/h3-7,9H,1-2H3. The molecule has 1 aliphatic rings. The molecule has 0 amide bonds. The molecule has 0 fully saturated rings. The maximum atomic E-state index is 2.25. The highest BCUT2D eigenvalue weighted by atomic mass is 14.2. The van der Waals surface area contributed by atoms with E-state index in [1.165, 1.54) is 16.7 Å². The SMILES string of the molecule is Cc1ccc2c(c1)C=CC2C. The van der Waals surface area contributed by atoms with Crippen molar-refractivity contribution in [3.63, 3.8) is 0 Å². The van der Waals surface area contributed by atoms with Crippen molar-refractivity contribution in [2.24, 2.45) is 0 Å². The van der Waals surface area contributed by atoms with E-state index in [4.69, 9.17) is 0 Å². The van der Waals surface area contributed by atoms with E-state index >= 15 is 0 Å². The Bertz CT molecular complexity index is 308. The van der Waals surface area contributed by atoms with E-state index in [9.17, 15) is 0 Å². The molecule has 1 unspecified atom stereocenters. The molecule has 0 N–H and O–H groups in total. The van der Waals surface area contributed by atoms with Crippen molar-refractivity contribution in [1.29, 1.82) is 0 Å². The zero-order chi connectivity index (χ0) is 7.84. The van der Waals surface area contributed by atoms with E-state index in [0.717, 1.165) is 0 Å². The minimum absolute atomic E-state index is 0.616. The normalized spacial score (nSPS) is 20.4. The van der Waals surface area contributed by atoms with Gasteiger partial charge < -0.3 is 0 Å². The van der Waals surface area contributed by atoms with Gasteiger partial charge in [-0.25, -0.2) is 0 Å². The first-order valence-corrected chi connectivity index (χ1v) is 4.06. The molecule has 0 spiro atoms. The number of fused-ring (bicyclic) bond motifs is 1. The molecule has 11 heavy (non-hydrogen) atoms. The Labute approximate surface area is 67.6 Å². The van der Waals surface area contributed by atoms with Crippen LogP contribution in [-0.4, -0.2) is 0 Å². The quantitative estimate of drug-likeness (QED) is 0.524. The van der Waals surface area contributed by atoms with Crippen molar-refractivity contribution in [3.05, 3.63) is 41.0 Å². The summed E-state index contributed by atoms with van der Waals surface area (Å²) in [6, 6.07) is 6.66. The summed E-state index contributed by atoms with van der Waals surface area (Å²) in [5.41, 5.74) is 4.22. The van der Waals surface area contributed by atoms with Crippen molar-refractivity contribution >= 4 is 6.08 Å². The first kappa shape index (κ1) is 6.66. The number of rotatable bonds is 0. The number of allylic oxidation sites excluding steroid dienone is 1. The Morgan fingerprint density at radius 2 is 2.09 bits per heavy atom. The van der Waals surface area contributed by atoms with Crippen LogP contribution in [0.15, 0.2) is 24.3 Å². The summed E-state index contributed by atoms with van der Waals surface area (Å²) in [7, 11) is 0. The fourth-order valence-electron chi connectivity index (χ4n) is 1.60. The molecule has 0 saturated carbocycles. The third kappa shape index (κ3) is 0.988. The van der Waals surface area contributed by atoms with Crippen LogP contribution in [0.4, 0.5) is 0 Å². The molecule has 1 aliphatic carbocycles. The summed E-state index contributed by atoms with van der Waals surface area (Å²) in [6.07, 6.45) is 4.47. The van der Waals surface area contributed by atoms with Gasteiger partial charge in [0.05, 0.1) is 0 Å². The molecule has 1 aromatic carbocycles. The lowest BCUT2D eigenvalue weighted by Crippen LogP contribution is -1.86. The van der Waals surface area contributed by atoms with Crippen molar-refractivity contribution in [2.75, 3.05) is 0 Å². The van der Waals surface area contributed by atoms with Gasteiger partial charge in [-0.15, -0.1) is 0 Å². The van der Waals surface area contributed by atoms with E-state index < -0.39 is 0 Å². The Balaban J connectivity index is 2.58. The van der Waals surface area contributed by atoms with Gasteiger partial charge in [-0.05, 0) is 24.0 Å². The molecule has 0 saturated heterocycles. The Morgan fingerprint density at radius 1 is 1.27 bits per heavy atom. The average Bonchev–Trinajstić information content (AvgIpc) is 2.32. The molecule has 0 heteroatoms. The molecule has 0 aliphatic heterocycles. The van der Waals surface area contributed by atoms with Gasteiger partial charge in [0.25, 0.3) is 0 Å². The number of hydrogen-bond donors (Lipinski definition) is 0. The summed E-state index contributed by atoms with van der Waals surface area (Å²) < 4.78 is 0. The summed E-state index contributed by atoms with van der Waals surface area (Å²) >= 11 is 0. The maximum absolute atomic E-state index is 2.25. The second-order valence-electron chi connectivity index (χ2n) is 3.28. The third-order valence-electron chi connectivity index (χ3n) is 2.30. The lowest BCUT2D eigenvalue weighted by molar-refractivity contribution is 0.989. The summed E-state index contributed by atoms with van der Waals surface area (Å²) in [5, 5.41) is 0. The number of benzene rings is 1. The molecule has 56 valence electrons. The van der Waals surface area contributed by atoms with E-state index in [-0.39, 0.29) is 0 Å². The fraction of sp³-hybridized carbons (Fsp3) is 0.273. The Morgan fingerprint density at radius 3 is 2.91 bits per heavy atom. The van der Waals surface area contributed by atoms with Crippen LogP contribution in [0, 0.1) is 6.92 Å². The van der Waals surface area contributed by atoms with Crippen LogP contribution in [0.25, 0.3) is 6.08 Å². The monoisotopic (exact) mass is 144 g/mol. The van der Waals surface area contributed by atoms with Crippen LogP contribution in [-0.2, 0) is 0 Å². The van der Waals surface area contributed by atoms with Gasteiger partial charge in [0.15, 0.2) is 0 Å². The highest BCUT2D eigenvalue weighted by Crippen LogP contribution is 2.29. The van der Waals surface area contributed by atoms with Gasteiger partial charge in [0.1, 0.15) is 0 Å². The summed E-state index contributed by atoms with van der Waals surface area (Å²) in [6.45, 7) is 4.37. The van der Waals surface area contributed by atoms with E-state index in [1.54, 1.807) is 0 Å². The minimum atomic E-state index is 0.616. The molecule has 1 atom stereocenters. The van der Waals surface area contributed by atoms with E-state index in [0.29, 0.717) is 5.92 Å². The Kier molecular flexibility index (Phi) is 1.35. The van der Waals surface area contributed by atoms with Crippen molar-refractivity contribution in [1.82, 2.24) is 0 Å². The van der Waals surface area contributed by atoms with Crippen LogP contribution in [0.1, 0.15) is 29.5 Å². The Hall–Kier alpha value is -1.04. The first-order valence-electron chi connectivity index (χ1n) is 4.06. The van der Waals surface area contributed by atoms with Gasteiger partial charge >= 0.3 is 0 Å². The van der Waals surface area contributed by atoms with Crippen LogP contribution in [0.3, 0.4) is 0 Å². The summed E-state index contributed by atoms with van der Waals surface area (Å²) in [4.78, 5) is 0. The molecule has 2 rings (SSSR count). The van der Waals surface area contributed by atoms with E-state index in [2.05, 4.69) is 44.2 Å². The maximum Gasteiger partial charge on any atom is -0.000117 e. The van der Waals surface area contributed by atoms with Crippen LogP contribution in [0.5, 0.6) is 0 Å². The van der Waals surface area contributed by atoms with Crippen LogP contribution < -0.4 is 0 Å². The van der Waals surface area contributed by atoms with Crippen molar-refractivity contribution in [3.8, 4) is 0 Å². The molecule has 1 aromatic rings. The van der Waals surface area contributed by atoms with Crippen LogP contribution >= 0.6 is 0 Å². The molecular formula is C11H12. The molecule has 0 aromatic heterocycles. The zero-order valence-corrected chi connectivity index (χ0v) is 6.96. The number of hydrogen-bond acceptors (Lipinski definition) is 0. The third-order valence-corrected chi connectivity index (χ3v) is 2.30. The smallest absolute Gasteiger partial charge is 0.000117 e. The van der Waals surface area contributed by atoms with Crippen molar-refractivity contribution in [2.45, 2.75) is 19.8 Å². The lowest BCUT2D eigenvalue weighted by Gasteiger charge is -2.03. The van der Waals surface area contributed by atoms with Gasteiger partial charge in [0, 0.05) is 0 Å². The highest BCUT2D eigenvalue weighted by Gasteiger charge is 2.11. The molecule has 0 nitrogen and oxygen atoms in total. The molecular weight excluding hydrogens is 132 g/mol. The molecule has 0 bridgehead atoms. The van der Waals surface area contributed by atoms with E-state index in [1.807, 2.05) is 0 Å². The van der Waals surface area contributed by atoms with Gasteiger partial charge in [-0.2, -0.15) is 0 Å². The summed E-state index contributed by atoms with van der Waals surface area (Å²) in [5.74, 6) is 0.616. The minimum Gasteiger partial charge on any atom is -0.0767 e. The second-order valence-corrected chi connectivity index (χ2v) is 3.28. The van der Waals surface area contributed by atoms with Gasteiger partial charge in [-0.3, -0.25) is 0 Å². The largest absolute Gasteiger partial charge is 0.0767 e. The average molecular weight is 144 g/mol. The van der Waals surface area contributed by atoms with Crippen molar-refractivity contribution < 1.29 is 0 Å². The second kappa shape index (κ2) is 2.23. The van der Waals surface area contributed by atoms with Gasteiger partial charge in [-0.1, -0.05) is 42.8 Å². The molecule has 0 radical (unpaired) electrons. The number of aryl methyl sites for hydroxylation is 1. The zero-order valence-electron chi connectivity index (χ0n) is 6.96. The van der Waals surface area contributed by atoms with Gasteiger partial charge in [0.2, 0.25) is 0 Å². The lowest BCUT2D eigenvalue weighted by atomic mass is 10.0.